The average molecular weight is 348 g/mol. The lowest BCUT2D eigenvalue weighted by atomic mass is 9.92. The Morgan fingerprint density at radius 3 is 2.88 bits per heavy atom. The molecular weight excluding hydrogens is 328 g/mol. The van der Waals surface area contributed by atoms with E-state index < -0.39 is 12.3 Å². The van der Waals surface area contributed by atoms with Crippen molar-refractivity contribution in [3.63, 3.8) is 0 Å². The number of allylic oxidation sites excluding steroid dienone is 1. The van der Waals surface area contributed by atoms with Crippen molar-refractivity contribution in [2.45, 2.75) is 18.6 Å². The molecule has 0 saturated carbocycles. The van der Waals surface area contributed by atoms with Gasteiger partial charge in [0.1, 0.15) is 5.58 Å². The number of aliphatic hydroxyl groups excluding tert-OH is 1. The zero-order valence-electron chi connectivity index (χ0n) is 13.6. The highest BCUT2D eigenvalue weighted by Gasteiger charge is 2.30. The van der Waals surface area contributed by atoms with Gasteiger partial charge in [-0.2, -0.15) is 0 Å². The summed E-state index contributed by atoms with van der Waals surface area (Å²) in [6.07, 6.45) is 3.02. The predicted octanol–water partition coefficient (Wildman–Crippen LogP) is 2.26. The van der Waals surface area contributed by atoms with Gasteiger partial charge in [0.15, 0.2) is 0 Å². The monoisotopic (exact) mass is 348 g/mol. The van der Waals surface area contributed by atoms with Crippen molar-refractivity contribution in [1.82, 2.24) is 0 Å². The molecule has 1 aromatic carbocycles. The Kier molecular flexibility index (Phi) is 5.70. The second kappa shape index (κ2) is 8.15. The van der Waals surface area contributed by atoms with Gasteiger partial charge in [0.2, 0.25) is 12.0 Å². The van der Waals surface area contributed by atoms with E-state index in [2.05, 4.69) is 0 Å². The Labute approximate surface area is 144 Å². The molecule has 1 aromatic heterocycles. The smallest absolute Gasteiger partial charge is 0.370 e. The minimum Gasteiger partial charge on any atom is -0.475 e. The van der Waals surface area contributed by atoms with E-state index in [1.807, 2.05) is 24.3 Å². The highest BCUT2D eigenvalue weighted by atomic mass is 16.7. The molecular formula is C18H20O7. The van der Waals surface area contributed by atoms with Crippen molar-refractivity contribution in [2.75, 3.05) is 26.4 Å². The Bertz CT molecular complexity index is 749. The lowest BCUT2D eigenvalue weighted by Crippen LogP contribution is -2.28. The fraction of sp³-hybridized carbons (Fsp3) is 0.389. The van der Waals surface area contributed by atoms with Gasteiger partial charge in [0.05, 0.1) is 32.7 Å². The largest absolute Gasteiger partial charge is 0.475 e. The van der Waals surface area contributed by atoms with E-state index in [4.69, 9.17) is 23.7 Å². The van der Waals surface area contributed by atoms with Gasteiger partial charge >= 0.3 is 5.97 Å². The number of carboxylic acids is 1. The summed E-state index contributed by atoms with van der Waals surface area (Å²) >= 11 is 0. The molecule has 2 aromatic rings. The van der Waals surface area contributed by atoms with Gasteiger partial charge in [-0.1, -0.05) is 18.2 Å². The third-order valence-corrected chi connectivity index (χ3v) is 3.95. The third-order valence-electron chi connectivity index (χ3n) is 3.95. The molecule has 1 aliphatic rings. The summed E-state index contributed by atoms with van der Waals surface area (Å²) in [4.78, 5) is 11.4. The van der Waals surface area contributed by atoms with Crippen LogP contribution in [-0.2, 0) is 19.0 Å². The molecule has 0 radical (unpaired) electrons. The highest BCUT2D eigenvalue weighted by Crippen LogP contribution is 2.36. The fourth-order valence-electron chi connectivity index (χ4n) is 2.82. The molecule has 3 rings (SSSR count). The molecule has 7 heteroatoms. The highest BCUT2D eigenvalue weighted by molar-refractivity contribution is 5.86. The molecule has 0 bridgehead atoms. The first-order valence-electron chi connectivity index (χ1n) is 8.07. The van der Waals surface area contributed by atoms with Crippen LogP contribution in [0.2, 0.25) is 0 Å². The number of carbonyl (C=O) groups is 1. The quantitative estimate of drug-likeness (QED) is 0.706. The lowest BCUT2D eigenvalue weighted by molar-refractivity contribution is -0.160. The summed E-state index contributed by atoms with van der Waals surface area (Å²) in [6, 6.07) is 7.61. The van der Waals surface area contributed by atoms with Crippen molar-refractivity contribution in [3.8, 4) is 0 Å². The van der Waals surface area contributed by atoms with E-state index in [0.717, 1.165) is 16.5 Å². The normalized spacial score (nSPS) is 20.3. The molecule has 2 atom stereocenters. The maximum absolute atomic E-state index is 11.4. The van der Waals surface area contributed by atoms with Gasteiger partial charge in [-0.3, -0.25) is 0 Å². The van der Waals surface area contributed by atoms with Crippen molar-refractivity contribution in [3.05, 3.63) is 47.9 Å². The van der Waals surface area contributed by atoms with Crippen molar-refractivity contribution < 1.29 is 33.6 Å². The van der Waals surface area contributed by atoms with Gasteiger partial charge in [-0.05, 0) is 12.1 Å². The summed E-state index contributed by atoms with van der Waals surface area (Å²) in [7, 11) is 0. The summed E-state index contributed by atoms with van der Waals surface area (Å²) < 4.78 is 21.7. The predicted molar refractivity (Wildman–Crippen MR) is 88.0 cm³/mol. The van der Waals surface area contributed by atoms with E-state index in [1.165, 1.54) is 0 Å². The van der Waals surface area contributed by atoms with Crippen LogP contribution in [0, 0.1) is 0 Å². The SMILES string of the molecule is O=C(O)C1=C[C@@H](c2coc3ccccc23)C[C@@H](OCCOCCO)O1. The Hall–Kier alpha value is -2.35. The Morgan fingerprint density at radius 1 is 1.24 bits per heavy atom. The van der Waals surface area contributed by atoms with Gasteiger partial charge < -0.3 is 28.8 Å². The van der Waals surface area contributed by atoms with E-state index in [1.54, 1.807) is 12.3 Å². The third kappa shape index (κ3) is 4.19. The maximum atomic E-state index is 11.4. The molecule has 0 fully saturated rings. The molecule has 0 spiro atoms. The zero-order valence-corrected chi connectivity index (χ0v) is 13.6. The standard InChI is InChI=1S/C18H20O7/c19-5-6-22-7-8-23-17-10-12(9-16(25-17)18(20)21)14-11-24-15-4-2-1-3-13(14)15/h1-4,9,11-12,17,19H,5-8,10H2,(H,20,21)/t12-,17+/m1/s1. The van der Waals surface area contributed by atoms with E-state index in [0.29, 0.717) is 13.0 Å². The zero-order chi connectivity index (χ0) is 17.6. The topological polar surface area (TPSA) is 98.4 Å². The van der Waals surface area contributed by atoms with Crippen molar-refractivity contribution >= 4 is 16.9 Å². The van der Waals surface area contributed by atoms with Crippen LogP contribution < -0.4 is 0 Å². The van der Waals surface area contributed by atoms with Gasteiger partial charge in [0, 0.05) is 23.3 Å². The van der Waals surface area contributed by atoms with Crippen LogP contribution in [0.3, 0.4) is 0 Å². The molecule has 2 N–H and O–H groups in total. The number of furan rings is 1. The molecule has 2 heterocycles. The van der Waals surface area contributed by atoms with Crippen LogP contribution in [0.15, 0.2) is 46.8 Å². The number of aliphatic carboxylic acids is 1. The van der Waals surface area contributed by atoms with E-state index in [-0.39, 0.29) is 31.5 Å². The van der Waals surface area contributed by atoms with Gasteiger partial charge in [-0.15, -0.1) is 0 Å². The molecule has 0 aliphatic carbocycles. The molecule has 134 valence electrons. The second-order valence-corrected chi connectivity index (χ2v) is 5.62. The summed E-state index contributed by atoms with van der Waals surface area (Å²) in [6.45, 7) is 0.725. The van der Waals surface area contributed by atoms with Crippen LogP contribution in [0.25, 0.3) is 11.0 Å². The Balaban J connectivity index is 1.74. The van der Waals surface area contributed by atoms with Crippen LogP contribution >= 0.6 is 0 Å². The summed E-state index contributed by atoms with van der Waals surface area (Å²) in [5.74, 6) is -1.46. The van der Waals surface area contributed by atoms with Crippen LogP contribution in [-0.4, -0.2) is 48.9 Å². The number of para-hydroxylation sites is 1. The summed E-state index contributed by atoms with van der Waals surface area (Å²) in [5, 5.41) is 18.9. The van der Waals surface area contributed by atoms with Crippen molar-refractivity contribution in [2.24, 2.45) is 0 Å². The van der Waals surface area contributed by atoms with Crippen molar-refractivity contribution in [1.29, 1.82) is 0 Å². The minimum absolute atomic E-state index is 0.0541. The Morgan fingerprint density at radius 2 is 2.08 bits per heavy atom. The average Bonchev–Trinajstić information content (AvgIpc) is 3.05. The molecule has 0 unspecified atom stereocenters. The number of hydrogen-bond donors (Lipinski definition) is 2. The second-order valence-electron chi connectivity index (χ2n) is 5.62. The lowest BCUT2D eigenvalue weighted by Gasteiger charge is -2.27. The van der Waals surface area contributed by atoms with Crippen LogP contribution in [0.5, 0.6) is 0 Å². The molecule has 7 nitrogen and oxygen atoms in total. The molecule has 25 heavy (non-hydrogen) atoms. The van der Waals surface area contributed by atoms with E-state index >= 15 is 0 Å². The number of benzene rings is 1. The first-order chi connectivity index (χ1) is 12.2. The fourth-order valence-corrected chi connectivity index (χ4v) is 2.82. The first-order valence-corrected chi connectivity index (χ1v) is 8.07. The number of hydrogen-bond acceptors (Lipinski definition) is 6. The number of rotatable bonds is 8. The number of aliphatic hydroxyl groups is 1. The molecule has 0 saturated heterocycles. The first kappa shape index (κ1) is 17.5. The maximum Gasteiger partial charge on any atom is 0.370 e. The minimum atomic E-state index is -1.14. The van der Waals surface area contributed by atoms with Crippen LogP contribution in [0.4, 0.5) is 0 Å². The molecule has 1 aliphatic heterocycles. The van der Waals surface area contributed by atoms with Gasteiger partial charge in [0.25, 0.3) is 0 Å². The van der Waals surface area contributed by atoms with Gasteiger partial charge in [-0.25, -0.2) is 4.79 Å². The number of fused-ring (bicyclic) bond motifs is 1. The van der Waals surface area contributed by atoms with E-state index in [9.17, 15) is 9.90 Å². The van der Waals surface area contributed by atoms with Crippen LogP contribution in [0.1, 0.15) is 17.9 Å². The molecule has 0 amide bonds. The number of carboxylic acid groups (broad SMARTS) is 1. The number of ether oxygens (including phenoxy) is 3. The summed E-state index contributed by atoms with van der Waals surface area (Å²) in [5.41, 5.74) is 1.66.